The number of phenols is 1. The molecule has 1 fully saturated rings. The zero-order valence-corrected chi connectivity index (χ0v) is 11.8. The number of carbonyl (C=O) groups is 1. The highest BCUT2D eigenvalue weighted by Gasteiger charge is 2.19. The molecule has 0 heterocycles. The van der Waals surface area contributed by atoms with Crippen LogP contribution in [0.4, 0.5) is 0 Å². The summed E-state index contributed by atoms with van der Waals surface area (Å²) in [6.07, 6.45) is 6.51. The van der Waals surface area contributed by atoms with Gasteiger partial charge < -0.3 is 15.6 Å². The summed E-state index contributed by atoms with van der Waals surface area (Å²) in [5, 5.41) is 9.21. The maximum atomic E-state index is 11.9. The predicted molar refractivity (Wildman–Crippen MR) is 77.3 cm³/mol. The van der Waals surface area contributed by atoms with E-state index in [2.05, 4.69) is 0 Å². The Kier molecular flexibility index (Phi) is 5.41. The van der Waals surface area contributed by atoms with Crippen molar-refractivity contribution in [3.8, 4) is 5.75 Å². The number of rotatable bonds is 5. The van der Waals surface area contributed by atoms with Crippen LogP contribution in [-0.2, 0) is 16.0 Å². The number of aromatic hydroxyl groups is 1. The van der Waals surface area contributed by atoms with Crippen LogP contribution in [0.15, 0.2) is 24.3 Å². The fraction of sp³-hybridized carbons (Fsp3) is 0.562. The monoisotopic (exact) mass is 277 g/mol. The van der Waals surface area contributed by atoms with Crippen LogP contribution in [0.1, 0.15) is 37.7 Å². The molecule has 0 aliphatic heterocycles. The van der Waals surface area contributed by atoms with Crippen molar-refractivity contribution in [1.29, 1.82) is 0 Å². The van der Waals surface area contributed by atoms with Gasteiger partial charge >= 0.3 is 5.97 Å². The van der Waals surface area contributed by atoms with Crippen molar-refractivity contribution in [2.45, 2.75) is 44.6 Å². The topological polar surface area (TPSA) is 72.5 Å². The molecule has 0 aromatic heterocycles. The minimum Gasteiger partial charge on any atom is -0.508 e. The van der Waals surface area contributed by atoms with Gasteiger partial charge in [-0.15, -0.1) is 0 Å². The molecule has 3 N–H and O–H groups in total. The van der Waals surface area contributed by atoms with Crippen molar-refractivity contribution < 1.29 is 14.6 Å². The van der Waals surface area contributed by atoms with Crippen LogP contribution in [0, 0.1) is 5.92 Å². The lowest BCUT2D eigenvalue weighted by molar-refractivity contribution is -0.146. The highest BCUT2D eigenvalue weighted by Crippen LogP contribution is 2.23. The van der Waals surface area contributed by atoms with E-state index in [1.54, 1.807) is 24.3 Å². The van der Waals surface area contributed by atoms with Gasteiger partial charge in [0.1, 0.15) is 11.8 Å². The molecule has 0 bridgehead atoms. The van der Waals surface area contributed by atoms with Gasteiger partial charge in [0.2, 0.25) is 0 Å². The number of phenolic OH excluding ortho intramolecular Hbond substituents is 1. The molecule has 110 valence electrons. The van der Waals surface area contributed by atoms with Crippen LogP contribution < -0.4 is 5.73 Å². The average Bonchev–Trinajstić information content (AvgIpc) is 2.48. The first kappa shape index (κ1) is 14.9. The van der Waals surface area contributed by atoms with Crippen molar-refractivity contribution >= 4 is 5.97 Å². The first-order chi connectivity index (χ1) is 9.65. The quantitative estimate of drug-likeness (QED) is 0.811. The molecule has 1 aliphatic rings. The lowest BCUT2D eigenvalue weighted by atomic mass is 9.90. The van der Waals surface area contributed by atoms with Gasteiger partial charge in [-0.2, -0.15) is 0 Å². The van der Waals surface area contributed by atoms with Crippen LogP contribution in [-0.4, -0.2) is 23.7 Å². The molecule has 0 saturated heterocycles. The van der Waals surface area contributed by atoms with E-state index in [0.717, 1.165) is 18.4 Å². The summed E-state index contributed by atoms with van der Waals surface area (Å²) in [6.45, 7) is 0.502. The Hall–Kier alpha value is -1.55. The van der Waals surface area contributed by atoms with Gasteiger partial charge in [-0.25, -0.2) is 0 Å². The van der Waals surface area contributed by atoms with Crippen LogP contribution in [0.2, 0.25) is 0 Å². The Morgan fingerprint density at radius 3 is 2.55 bits per heavy atom. The summed E-state index contributed by atoms with van der Waals surface area (Å²) < 4.78 is 5.33. The molecule has 20 heavy (non-hydrogen) atoms. The molecular formula is C16H23NO3. The minimum atomic E-state index is -0.636. The second-order valence-electron chi connectivity index (χ2n) is 5.61. The molecule has 1 aliphatic carbocycles. The maximum Gasteiger partial charge on any atom is 0.323 e. The zero-order chi connectivity index (χ0) is 14.4. The van der Waals surface area contributed by atoms with Crippen LogP contribution in [0.3, 0.4) is 0 Å². The maximum absolute atomic E-state index is 11.9. The number of hydrogen-bond donors (Lipinski definition) is 2. The van der Waals surface area contributed by atoms with Gasteiger partial charge in [-0.05, 0) is 42.9 Å². The zero-order valence-electron chi connectivity index (χ0n) is 11.8. The number of esters is 1. The fourth-order valence-electron chi connectivity index (χ4n) is 2.63. The van der Waals surface area contributed by atoms with Crippen molar-refractivity contribution in [1.82, 2.24) is 0 Å². The van der Waals surface area contributed by atoms with Crippen molar-refractivity contribution in [3.05, 3.63) is 29.8 Å². The Bertz CT molecular complexity index is 424. The summed E-state index contributed by atoms with van der Waals surface area (Å²) in [5.74, 6) is 0.388. The molecule has 2 rings (SSSR count). The minimum absolute atomic E-state index is 0.210. The highest BCUT2D eigenvalue weighted by molar-refractivity contribution is 5.75. The summed E-state index contributed by atoms with van der Waals surface area (Å²) in [6, 6.07) is 6.08. The summed E-state index contributed by atoms with van der Waals surface area (Å²) in [7, 11) is 0. The van der Waals surface area contributed by atoms with Crippen molar-refractivity contribution in [3.63, 3.8) is 0 Å². The smallest absolute Gasteiger partial charge is 0.323 e. The molecule has 0 amide bonds. The molecule has 0 spiro atoms. The molecule has 4 heteroatoms. The Labute approximate surface area is 119 Å². The number of carbonyl (C=O) groups excluding carboxylic acids is 1. The largest absolute Gasteiger partial charge is 0.508 e. The SMILES string of the molecule is N[C@@H](Cc1ccc(O)cc1)C(=O)OCC1CCCCC1. The Morgan fingerprint density at radius 1 is 1.25 bits per heavy atom. The first-order valence-electron chi connectivity index (χ1n) is 7.35. The number of ether oxygens (including phenoxy) is 1. The van der Waals surface area contributed by atoms with E-state index in [4.69, 9.17) is 10.5 Å². The van der Waals surface area contributed by atoms with Gasteiger partial charge in [0.05, 0.1) is 6.61 Å². The highest BCUT2D eigenvalue weighted by atomic mass is 16.5. The molecule has 1 aromatic rings. The summed E-state index contributed by atoms with van der Waals surface area (Å²) in [4.78, 5) is 11.9. The predicted octanol–water partition coefficient (Wildman–Crippen LogP) is 2.39. The standard InChI is InChI=1S/C16H23NO3/c17-15(10-12-6-8-14(18)9-7-12)16(19)20-11-13-4-2-1-3-5-13/h6-9,13,15,18H,1-5,10-11,17H2/t15-/m0/s1. The summed E-state index contributed by atoms with van der Waals surface area (Å²) in [5.41, 5.74) is 6.79. The van der Waals surface area contributed by atoms with Crippen LogP contribution >= 0.6 is 0 Å². The van der Waals surface area contributed by atoms with Gasteiger partial charge in [-0.3, -0.25) is 4.79 Å². The van der Waals surface area contributed by atoms with E-state index in [1.165, 1.54) is 19.3 Å². The Morgan fingerprint density at radius 2 is 1.90 bits per heavy atom. The number of nitrogens with two attached hydrogens (primary N) is 1. The first-order valence-corrected chi connectivity index (χ1v) is 7.35. The number of benzene rings is 1. The van der Waals surface area contributed by atoms with Gasteiger partial charge in [-0.1, -0.05) is 31.4 Å². The van der Waals surface area contributed by atoms with E-state index >= 15 is 0 Å². The molecule has 1 saturated carbocycles. The van der Waals surface area contributed by atoms with Crippen LogP contribution in [0.25, 0.3) is 0 Å². The second-order valence-corrected chi connectivity index (χ2v) is 5.61. The van der Waals surface area contributed by atoms with E-state index in [9.17, 15) is 9.90 Å². The molecule has 0 radical (unpaired) electrons. The van der Waals surface area contributed by atoms with E-state index < -0.39 is 6.04 Å². The molecular weight excluding hydrogens is 254 g/mol. The summed E-state index contributed by atoms with van der Waals surface area (Å²) >= 11 is 0. The van der Waals surface area contributed by atoms with E-state index in [-0.39, 0.29) is 11.7 Å². The van der Waals surface area contributed by atoms with Gasteiger partial charge in [0, 0.05) is 0 Å². The number of hydrogen-bond acceptors (Lipinski definition) is 4. The van der Waals surface area contributed by atoms with Crippen molar-refractivity contribution in [2.75, 3.05) is 6.61 Å². The Balaban J connectivity index is 1.75. The lowest BCUT2D eigenvalue weighted by Gasteiger charge is -2.22. The normalized spacial score (nSPS) is 17.6. The van der Waals surface area contributed by atoms with Crippen molar-refractivity contribution in [2.24, 2.45) is 11.7 Å². The fourth-order valence-corrected chi connectivity index (χ4v) is 2.63. The van der Waals surface area contributed by atoms with Crippen LogP contribution in [0.5, 0.6) is 5.75 Å². The second kappa shape index (κ2) is 7.29. The van der Waals surface area contributed by atoms with Gasteiger partial charge in [0.25, 0.3) is 0 Å². The lowest BCUT2D eigenvalue weighted by Crippen LogP contribution is -2.35. The van der Waals surface area contributed by atoms with Gasteiger partial charge in [0.15, 0.2) is 0 Å². The van der Waals surface area contributed by atoms with E-state index in [1.807, 2.05) is 0 Å². The third-order valence-corrected chi connectivity index (χ3v) is 3.88. The molecule has 0 unspecified atom stereocenters. The third kappa shape index (κ3) is 4.53. The average molecular weight is 277 g/mol. The van der Waals surface area contributed by atoms with E-state index in [0.29, 0.717) is 18.9 Å². The molecule has 4 nitrogen and oxygen atoms in total. The third-order valence-electron chi connectivity index (χ3n) is 3.88. The molecule has 1 aromatic carbocycles. The molecule has 1 atom stereocenters.